The zero-order valence-corrected chi connectivity index (χ0v) is 9.76. The molecule has 0 aromatic carbocycles. The van der Waals surface area contributed by atoms with Gasteiger partial charge in [0.1, 0.15) is 12.1 Å². The van der Waals surface area contributed by atoms with E-state index in [9.17, 15) is 4.79 Å². The Labute approximate surface area is 95.7 Å². The highest BCUT2D eigenvalue weighted by atomic mass is 16.1. The first-order valence-corrected chi connectivity index (χ1v) is 5.70. The molecule has 86 valence electrons. The minimum absolute atomic E-state index is 0.154. The number of piperidine rings is 1. The SMILES string of the molecule is CC1CN(C(C)c2cncnc2)CCC1=O. The average molecular weight is 219 g/mol. The van der Waals surface area contributed by atoms with Crippen molar-refractivity contribution in [3.8, 4) is 0 Å². The number of ketones is 1. The van der Waals surface area contributed by atoms with Crippen molar-refractivity contribution in [3.63, 3.8) is 0 Å². The summed E-state index contributed by atoms with van der Waals surface area (Å²) in [6, 6.07) is 0.289. The molecule has 1 fully saturated rings. The van der Waals surface area contributed by atoms with Gasteiger partial charge in [-0.3, -0.25) is 9.69 Å². The van der Waals surface area contributed by atoms with E-state index in [1.165, 1.54) is 0 Å². The molecule has 0 amide bonds. The quantitative estimate of drug-likeness (QED) is 0.755. The molecule has 2 atom stereocenters. The normalized spacial score (nSPS) is 24.4. The van der Waals surface area contributed by atoms with Crippen LogP contribution in [0.2, 0.25) is 0 Å². The molecule has 4 nitrogen and oxygen atoms in total. The topological polar surface area (TPSA) is 46.1 Å². The van der Waals surface area contributed by atoms with E-state index in [-0.39, 0.29) is 12.0 Å². The van der Waals surface area contributed by atoms with Gasteiger partial charge in [0.25, 0.3) is 0 Å². The Kier molecular flexibility index (Phi) is 3.29. The second-order valence-electron chi connectivity index (χ2n) is 4.46. The van der Waals surface area contributed by atoms with Crippen LogP contribution in [0.4, 0.5) is 0 Å². The molecule has 0 radical (unpaired) electrons. The summed E-state index contributed by atoms with van der Waals surface area (Å²) in [7, 11) is 0. The molecular weight excluding hydrogens is 202 g/mol. The van der Waals surface area contributed by atoms with Crippen LogP contribution in [0, 0.1) is 5.92 Å². The van der Waals surface area contributed by atoms with Crippen molar-refractivity contribution < 1.29 is 4.79 Å². The third kappa shape index (κ3) is 2.27. The van der Waals surface area contributed by atoms with Gasteiger partial charge in [0.2, 0.25) is 0 Å². The molecule has 1 aliphatic heterocycles. The number of carbonyl (C=O) groups is 1. The van der Waals surface area contributed by atoms with E-state index in [0.717, 1.165) is 18.7 Å². The summed E-state index contributed by atoms with van der Waals surface area (Å²) in [6.45, 7) is 5.83. The van der Waals surface area contributed by atoms with Crippen LogP contribution in [0.1, 0.15) is 31.9 Å². The van der Waals surface area contributed by atoms with Crippen molar-refractivity contribution in [2.24, 2.45) is 5.92 Å². The predicted octanol–water partition coefficient (Wildman–Crippen LogP) is 1.45. The predicted molar refractivity (Wildman–Crippen MR) is 60.8 cm³/mol. The number of rotatable bonds is 2. The lowest BCUT2D eigenvalue weighted by molar-refractivity contribution is -0.126. The summed E-state index contributed by atoms with van der Waals surface area (Å²) < 4.78 is 0. The summed E-state index contributed by atoms with van der Waals surface area (Å²) in [5.41, 5.74) is 1.11. The molecule has 16 heavy (non-hydrogen) atoms. The lowest BCUT2D eigenvalue weighted by Gasteiger charge is -2.34. The van der Waals surface area contributed by atoms with Crippen molar-refractivity contribution in [2.75, 3.05) is 13.1 Å². The highest BCUT2D eigenvalue weighted by Gasteiger charge is 2.27. The molecule has 0 saturated carbocycles. The molecule has 1 aromatic rings. The molecule has 0 spiro atoms. The van der Waals surface area contributed by atoms with E-state index in [1.807, 2.05) is 19.3 Å². The van der Waals surface area contributed by atoms with Gasteiger partial charge >= 0.3 is 0 Å². The number of aromatic nitrogens is 2. The van der Waals surface area contributed by atoms with Crippen LogP contribution in [-0.2, 0) is 4.79 Å². The van der Waals surface area contributed by atoms with E-state index in [1.54, 1.807) is 6.33 Å². The number of nitrogens with zero attached hydrogens (tertiary/aromatic N) is 3. The lowest BCUT2D eigenvalue weighted by atomic mass is 9.96. The summed E-state index contributed by atoms with van der Waals surface area (Å²) in [5, 5.41) is 0. The molecule has 2 unspecified atom stereocenters. The van der Waals surface area contributed by atoms with Gasteiger partial charge in [-0.1, -0.05) is 6.92 Å². The van der Waals surface area contributed by atoms with Crippen LogP contribution >= 0.6 is 0 Å². The monoisotopic (exact) mass is 219 g/mol. The Morgan fingerprint density at radius 1 is 1.44 bits per heavy atom. The van der Waals surface area contributed by atoms with E-state index < -0.39 is 0 Å². The van der Waals surface area contributed by atoms with Crippen LogP contribution in [0.5, 0.6) is 0 Å². The fourth-order valence-corrected chi connectivity index (χ4v) is 2.13. The fraction of sp³-hybridized carbons (Fsp3) is 0.583. The molecule has 1 aliphatic rings. The Bertz CT molecular complexity index is 366. The first-order chi connectivity index (χ1) is 7.68. The van der Waals surface area contributed by atoms with Crippen LogP contribution in [0.15, 0.2) is 18.7 Å². The third-order valence-corrected chi connectivity index (χ3v) is 3.31. The Morgan fingerprint density at radius 2 is 2.12 bits per heavy atom. The maximum Gasteiger partial charge on any atom is 0.138 e. The van der Waals surface area contributed by atoms with Crippen LogP contribution in [-0.4, -0.2) is 33.7 Å². The van der Waals surface area contributed by atoms with Gasteiger partial charge in [-0.2, -0.15) is 0 Å². The number of carbonyl (C=O) groups excluding carboxylic acids is 1. The van der Waals surface area contributed by atoms with Crippen molar-refractivity contribution in [2.45, 2.75) is 26.3 Å². The second kappa shape index (κ2) is 4.70. The first-order valence-electron chi connectivity index (χ1n) is 5.70. The van der Waals surface area contributed by atoms with E-state index in [4.69, 9.17) is 0 Å². The molecule has 0 bridgehead atoms. The zero-order valence-electron chi connectivity index (χ0n) is 9.76. The highest BCUT2D eigenvalue weighted by molar-refractivity contribution is 5.81. The van der Waals surface area contributed by atoms with E-state index in [0.29, 0.717) is 12.2 Å². The summed E-state index contributed by atoms with van der Waals surface area (Å²) in [4.78, 5) is 21.8. The molecule has 2 heterocycles. The van der Waals surface area contributed by atoms with Gasteiger partial charge in [-0.05, 0) is 6.92 Å². The minimum atomic E-state index is 0.154. The Morgan fingerprint density at radius 3 is 2.75 bits per heavy atom. The lowest BCUT2D eigenvalue weighted by Crippen LogP contribution is -2.40. The highest BCUT2D eigenvalue weighted by Crippen LogP contribution is 2.23. The maximum absolute atomic E-state index is 11.4. The van der Waals surface area contributed by atoms with Gasteiger partial charge in [0.15, 0.2) is 0 Å². The second-order valence-corrected chi connectivity index (χ2v) is 4.46. The third-order valence-electron chi connectivity index (χ3n) is 3.31. The minimum Gasteiger partial charge on any atom is -0.299 e. The van der Waals surface area contributed by atoms with E-state index >= 15 is 0 Å². The number of hydrogen-bond donors (Lipinski definition) is 0. The Hall–Kier alpha value is -1.29. The van der Waals surface area contributed by atoms with Gasteiger partial charge in [-0.15, -0.1) is 0 Å². The zero-order chi connectivity index (χ0) is 11.5. The summed E-state index contributed by atoms with van der Waals surface area (Å²) >= 11 is 0. The molecule has 0 N–H and O–H groups in total. The average Bonchev–Trinajstić information content (AvgIpc) is 2.33. The standard InChI is InChI=1S/C12H17N3O/c1-9-7-15(4-3-12(9)16)10(2)11-5-13-8-14-6-11/h5-6,8-10H,3-4,7H2,1-2H3. The number of likely N-dealkylation sites (tertiary alicyclic amines) is 1. The van der Waals surface area contributed by atoms with Crippen molar-refractivity contribution >= 4 is 5.78 Å². The van der Waals surface area contributed by atoms with Gasteiger partial charge < -0.3 is 0 Å². The molecular formula is C12H17N3O. The van der Waals surface area contributed by atoms with Gasteiger partial charge in [0.05, 0.1) is 0 Å². The molecule has 2 rings (SSSR count). The van der Waals surface area contributed by atoms with Crippen molar-refractivity contribution in [1.29, 1.82) is 0 Å². The van der Waals surface area contributed by atoms with Crippen LogP contribution in [0.25, 0.3) is 0 Å². The van der Waals surface area contributed by atoms with Gasteiger partial charge in [0, 0.05) is 49.4 Å². The molecule has 0 aliphatic carbocycles. The van der Waals surface area contributed by atoms with Crippen LogP contribution in [0.3, 0.4) is 0 Å². The smallest absolute Gasteiger partial charge is 0.138 e. The number of Topliss-reactive ketones (excluding diaryl/α,β-unsaturated/α-hetero) is 1. The fourth-order valence-electron chi connectivity index (χ4n) is 2.13. The largest absolute Gasteiger partial charge is 0.299 e. The van der Waals surface area contributed by atoms with Crippen LogP contribution < -0.4 is 0 Å². The Balaban J connectivity index is 2.06. The molecule has 1 aromatic heterocycles. The number of hydrogen-bond acceptors (Lipinski definition) is 4. The van der Waals surface area contributed by atoms with Crippen molar-refractivity contribution in [1.82, 2.24) is 14.9 Å². The van der Waals surface area contributed by atoms with Crippen molar-refractivity contribution in [3.05, 3.63) is 24.3 Å². The van der Waals surface area contributed by atoms with Gasteiger partial charge in [-0.25, -0.2) is 9.97 Å². The maximum atomic E-state index is 11.4. The molecule has 4 heteroatoms. The summed E-state index contributed by atoms with van der Waals surface area (Å²) in [6.07, 6.45) is 5.90. The first kappa shape index (κ1) is 11.2. The van der Waals surface area contributed by atoms with E-state index in [2.05, 4.69) is 21.8 Å². The summed E-state index contributed by atoms with van der Waals surface area (Å²) in [5.74, 6) is 0.536. The molecule has 1 saturated heterocycles.